The van der Waals surface area contributed by atoms with Crippen LogP contribution in [0.2, 0.25) is 0 Å². The molecule has 0 amide bonds. The number of ether oxygens (including phenoxy) is 3. The third kappa shape index (κ3) is 4.83. The summed E-state index contributed by atoms with van der Waals surface area (Å²) in [5.74, 6) is 1.51. The summed E-state index contributed by atoms with van der Waals surface area (Å²) in [5, 5.41) is 0. The van der Waals surface area contributed by atoms with Crippen LogP contribution in [0.15, 0.2) is 30.3 Å². The summed E-state index contributed by atoms with van der Waals surface area (Å²) in [5.41, 5.74) is 1.09. The van der Waals surface area contributed by atoms with Gasteiger partial charge in [0.1, 0.15) is 6.10 Å². The lowest BCUT2D eigenvalue weighted by molar-refractivity contribution is -0.213. The van der Waals surface area contributed by atoms with Crippen molar-refractivity contribution >= 4 is 5.97 Å². The first kappa shape index (κ1) is 18.4. The van der Waals surface area contributed by atoms with Crippen LogP contribution < -0.4 is 0 Å². The van der Waals surface area contributed by atoms with Crippen molar-refractivity contribution in [3.8, 4) is 0 Å². The molecule has 1 aliphatic heterocycles. The quantitative estimate of drug-likeness (QED) is 0.720. The largest absolute Gasteiger partial charge is 0.433 e. The van der Waals surface area contributed by atoms with Gasteiger partial charge in [0, 0.05) is 0 Å². The van der Waals surface area contributed by atoms with Crippen LogP contribution in [0.5, 0.6) is 0 Å². The standard InChI is InChI=1S/C21H30O4/c1-14(2)17-10-9-15(3)11-18(17)24-21-19(12-20(22)25-21)23-13-16-7-5-4-6-8-16/h4-8,14-15,17-19,21H,9-13H2,1-3H3/t15-,17+,18-,19-,21-/m1/s1. The van der Waals surface area contributed by atoms with Gasteiger partial charge in [-0.2, -0.15) is 0 Å². The predicted octanol–water partition coefficient (Wildman–Crippen LogP) is 4.32. The van der Waals surface area contributed by atoms with Crippen LogP contribution in [-0.2, 0) is 25.6 Å². The molecule has 0 N–H and O–H groups in total. The van der Waals surface area contributed by atoms with Gasteiger partial charge in [0.25, 0.3) is 0 Å². The van der Waals surface area contributed by atoms with E-state index in [-0.39, 0.29) is 24.6 Å². The van der Waals surface area contributed by atoms with Crippen LogP contribution >= 0.6 is 0 Å². The minimum absolute atomic E-state index is 0.141. The number of carbonyl (C=O) groups excluding carboxylic acids is 1. The first-order valence-electron chi connectivity index (χ1n) is 9.53. The summed E-state index contributed by atoms with van der Waals surface area (Å²) in [6.07, 6.45) is 2.97. The summed E-state index contributed by atoms with van der Waals surface area (Å²) in [4.78, 5) is 11.8. The Balaban J connectivity index is 1.61. The molecule has 1 heterocycles. The molecule has 0 unspecified atom stereocenters. The Kier molecular flexibility index (Phi) is 6.13. The molecule has 2 aliphatic rings. The molecular formula is C21H30O4. The molecule has 0 radical (unpaired) electrons. The van der Waals surface area contributed by atoms with E-state index in [2.05, 4.69) is 20.8 Å². The van der Waals surface area contributed by atoms with Crippen molar-refractivity contribution in [1.29, 1.82) is 0 Å². The minimum Gasteiger partial charge on any atom is -0.433 e. The third-order valence-electron chi connectivity index (χ3n) is 5.50. The fourth-order valence-corrected chi connectivity index (χ4v) is 3.99. The zero-order chi connectivity index (χ0) is 17.8. The maximum Gasteiger partial charge on any atom is 0.311 e. The summed E-state index contributed by atoms with van der Waals surface area (Å²) in [6.45, 7) is 7.25. The van der Waals surface area contributed by atoms with Gasteiger partial charge in [0.2, 0.25) is 6.29 Å². The Morgan fingerprint density at radius 3 is 2.64 bits per heavy atom. The van der Waals surface area contributed by atoms with Crippen molar-refractivity contribution in [3.05, 3.63) is 35.9 Å². The van der Waals surface area contributed by atoms with Crippen LogP contribution in [0.3, 0.4) is 0 Å². The van der Waals surface area contributed by atoms with E-state index in [4.69, 9.17) is 14.2 Å². The lowest BCUT2D eigenvalue weighted by atomic mass is 9.75. The molecule has 1 aromatic carbocycles. The van der Waals surface area contributed by atoms with Crippen molar-refractivity contribution in [2.75, 3.05) is 0 Å². The van der Waals surface area contributed by atoms with Crippen molar-refractivity contribution in [3.63, 3.8) is 0 Å². The predicted molar refractivity (Wildman–Crippen MR) is 95.7 cm³/mol. The van der Waals surface area contributed by atoms with E-state index in [1.54, 1.807) is 0 Å². The molecule has 2 fully saturated rings. The second-order valence-corrected chi connectivity index (χ2v) is 7.90. The highest BCUT2D eigenvalue weighted by molar-refractivity contribution is 5.72. The molecule has 1 aliphatic carbocycles. The number of cyclic esters (lactones) is 1. The molecule has 1 saturated heterocycles. The van der Waals surface area contributed by atoms with Gasteiger partial charge in [0.15, 0.2) is 0 Å². The first-order chi connectivity index (χ1) is 12.0. The average molecular weight is 346 g/mol. The van der Waals surface area contributed by atoms with Gasteiger partial charge in [-0.15, -0.1) is 0 Å². The highest BCUT2D eigenvalue weighted by Crippen LogP contribution is 2.37. The molecule has 4 nitrogen and oxygen atoms in total. The van der Waals surface area contributed by atoms with Crippen LogP contribution in [-0.4, -0.2) is 24.5 Å². The maximum atomic E-state index is 11.8. The van der Waals surface area contributed by atoms with E-state index in [9.17, 15) is 4.79 Å². The summed E-state index contributed by atoms with van der Waals surface area (Å²) >= 11 is 0. The molecule has 0 aromatic heterocycles. The summed E-state index contributed by atoms with van der Waals surface area (Å²) < 4.78 is 17.7. The molecule has 3 rings (SSSR count). The molecular weight excluding hydrogens is 316 g/mol. The van der Waals surface area contributed by atoms with E-state index in [1.165, 1.54) is 12.8 Å². The zero-order valence-electron chi connectivity index (χ0n) is 15.5. The van der Waals surface area contributed by atoms with Gasteiger partial charge in [-0.25, -0.2) is 0 Å². The van der Waals surface area contributed by atoms with Crippen LogP contribution in [0.1, 0.15) is 52.0 Å². The van der Waals surface area contributed by atoms with Gasteiger partial charge in [-0.3, -0.25) is 4.79 Å². The number of hydrogen-bond donors (Lipinski definition) is 0. The number of hydrogen-bond acceptors (Lipinski definition) is 4. The molecule has 0 bridgehead atoms. The van der Waals surface area contributed by atoms with Crippen LogP contribution in [0.25, 0.3) is 0 Å². The topological polar surface area (TPSA) is 44.8 Å². The summed E-state index contributed by atoms with van der Waals surface area (Å²) in [7, 11) is 0. The Bertz CT molecular complexity index is 556. The smallest absolute Gasteiger partial charge is 0.311 e. The second kappa shape index (κ2) is 8.33. The number of esters is 1. The molecule has 4 heteroatoms. The molecule has 25 heavy (non-hydrogen) atoms. The number of benzene rings is 1. The van der Waals surface area contributed by atoms with Crippen LogP contribution in [0.4, 0.5) is 0 Å². The van der Waals surface area contributed by atoms with Crippen molar-refractivity contribution in [2.24, 2.45) is 17.8 Å². The number of carbonyl (C=O) groups is 1. The van der Waals surface area contributed by atoms with E-state index in [1.807, 2.05) is 30.3 Å². The van der Waals surface area contributed by atoms with Gasteiger partial charge in [0.05, 0.1) is 19.1 Å². The lowest BCUT2D eigenvalue weighted by Crippen LogP contribution is -2.40. The van der Waals surface area contributed by atoms with Crippen molar-refractivity contribution in [2.45, 2.75) is 71.6 Å². The highest BCUT2D eigenvalue weighted by atomic mass is 16.7. The van der Waals surface area contributed by atoms with Crippen LogP contribution in [0, 0.1) is 17.8 Å². The third-order valence-corrected chi connectivity index (χ3v) is 5.50. The number of rotatable bonds is 6. The highest BCUT2D eigenvalue weighted by Gasteiger charge is 2.41. The fraction of sp³-hybridized carbons (Fsp3) is 0.667. The monoisotopic (exact) mass is 346 g/mol. The van der Waals surface area contributed by atoms with E-state index >= 15 is 0 Å². The van der Waals surface area contributed by atoms with E-state index < -0.39 is 6.29 Å². The molecule has 138 valence electrons. The second-order valence-electron chi connectivity index (χ2n) is 7.90. The Labute approximate surface area is 150 Å². The van der Waals surface area contributed by atoms with Gasteiger partial charge >= 0.3 is 5.97 Å². The average Bonchev–Trinajstić information content (AvgIpc) is 2.93. The van der Waals surface area contributed by atoms with Crippen molar-refractivity contribution < 1.29 is 19.0 Å². The fourth-order valence-electron chi connectivity index (χ4n) is 3.99. The Morgan fingerprint density at radius 1 is 1.16 bits per heavy atom. The van der Waals surface area contributed by atoms with Gasteiger partial charge in [-0.05, 0) is 36.2 Å². The Morgan fingerprint density at radius 2 is 1.92 bits per heavy atom. The van der Waals surface area contributed by atoms with Gasteiger partial charge < -0.3 is 14.2 Å². The Hall–Kier alpha value is -1.39. The normalized spacial score (nSPS) is 32.8. The van der Waals surface area contributed by atoms with E-state index in [0.29, 0.717) is 24.4 Å². The molecule has 1 aromatic rings. The molecule has 1 saturated carbocycles. The van der Waals surface area contributed by atoms with Gasteiger partial charge in [-0.1, -0.05) is 57.5 Å². The van der Waals surface area contributed by atoms with E-state index in [0.717, 1.165) is 12.0 Å². The molecule has 5 atom stereocenters. The SMILES string of the molecule is CC(C)[C@@H]1CC[C@@H](C)C[C@H]1O[C@@H]1OC(=O)C[C@H]1OCc1ccccc1. The zero-order valence-corrected chi connectivity index (χ0v) is 15.5. The minimum atomic E-state index is -0.576. The van der Waals surface area contributed by atoms with Crippen molar-refractivity contribution in [1.82, 2.24) is 0 Å². The summed E-state index contributed by atoms with van der Waals surface area (Å²) in [6, 6.07) is 9.99. The maximum absolute atomic E-state index is 11.8. The first-order valence-corrected chi connectivity index (χ1v) is 9.53. The lowest BCUT2D eigenvalue weighted by Gasteiger charge is -2.38. The molecule has 0 spiro atoms.